The molecule has 108 valence electrons. The van der Waals surface area contributed by atoms with E-state index in [9.17, 15) is 4.39 Å². The van der Waals surface area contributed by atoms with Gasteiger partial charge in [-0.05, 0) is 37.3 Å². The van der Waals surface area contributed by atoms with Crippen LogP contribution in [0.5, 0.6) is 11.5 Å². The molecule has 21 heavy (non-hydrogen) atoms. The number of imidazole rings is 1. The number of methoxy groups -OCH3 is 2. The standard InChI is InChI=1S/C16H15FN2O2/c1-9-14(20-2)7-5-11(15(9)21-3)16-18-12-6-4-10(17)8-13(12)19-16/h4-8H,1-3H3,(H,18,19). The molecule has 0 bridgehead atoms. The minimum Gasteiger partial charge on any atom is -0.496 e. The number of benzene rings is 2. The van der Waals surface area contributed by atoms with Gasteiger partial charge in [0.25, 0.3) is 0 Å². The summed E-state index contributed by atoms with van der Waals surface area (Å²) in [5.41, 5.74) is 3.07. The summed E-state index contributed by atoms with van der Waals surface area (Å²) >= 11 is 0. The molecule has 1 aromatic heterocycles. The van der Waals surface area contributed by atoms with Gasteiger partial charge in [-0.3, -0.25) is 0 Å². The molecule has 0 amide bonds. The Hall–Kier alpha value is -2.56. The van der Waals surface area contributed by atoms with Crippen molar-refractivity contribution in [3.8, 4) is 22.9 Å². The molecule has 2 aromatic carbocycles. The highest BCUT2D eigenvalue weighted by atomic mass is 19.1. The molecule has 0 spiro atoms. The first-order valence-electron chi connectivity index (χ1n) is 6.51. The van der Waals surface area contributed by atoms with E-state index in [-0.39, 0.29) is 5.82 Å². The number of hydrogen-bond donors (Lipinski definition) is 1. The molecule has 3 rings (SSSR count). The number of aromatic nitrogens is 2. The minimum atomic E-state index is -0.296. The molecule has 0 fully saturated rings. The summed E-state index contributed by atoms with van der Waals surface area (Å²) in [5, 5.41) is 0. The number of fused-ring (bicyclic) bond motifs is 1. The number of ether oxygens (including phenoxy) is 2. The molecule has 0 aliphatic carbocycles. The zero-order valence-electron chi connectivity index (χ0n) is 12.0. The van der Waals surface area contributed by atoms with E-state index in [1.807, 2.05) is 19.1 Å². The second kappa shape index (κ2) is 5.09. The van der Waals surface area contributed by atoms with E-state index in [1.165, 1.54) is 12.1 Å². The second-order valence-corrected chi connectivity index (χ2v) is 4.72. The maximum Gasteiger partial charge on any atom is 0.142 e. The molecule has 0 radical (unpaired) electrons. The average Bonchev–Trinajstić information content (AvgIpc) is 2.89. The first-order valence-corrected chi connectivity index (χ1v) is 6.51. The van der Waals surface area contributed by atoms with Gasteiger partial charge in [0, 0.05) is 5.56 Å². The van der Waals surface area contributed by atoms with Crippen LogP contribution in [0.1, 0.15) is 5.56 Å². The summed E-state index contributed by atoms with van der Waals surface area (Å²) in [6, 6.07) is 8.20. The van der Waals surface area contributed by atoms with Gasteiger partial charge in [0.05, 0.1) is 30.8 Å². The van der Waals surface area contributed by atoms with Crippen LogP contribution in [0, 0.1) is 12.7 Å². The van der Waals surface area contributed by atoms with Crippen LogP contribution in [0.4, 0.5) is 4.39 Å². The molecule has 1 heterocycles. The molecule has 4 nitrogen and oxygen atoms in total. The fourth-order valence-electron chi connectivity index (χ4n) is 2.45. The van der Waals surface area contributed by atoms with Crippen LogP contribution in [0.2, 0.25) is 0 Å². The van der Waals surface area contributed by atoms with E-state index >= 15 is 0 Å². The summed E-state index contributed by atoms with van der Waals surface area (Å²) in [6.45, 7) is 1.92. The van der Waals surface area contributed by atoms with Gasteiger partial charge in [0.1, 0.15) is 23.1 Å². The van der Waals surface area contributed by atoms with E-state index in [1.54, 1.807) is 20.3 Å². The van der Waals surface area contributed by atoms with Crippen molar-refractivity contribution in [1.82, 2.24) is 9.97 Å². The summed E-state index contributed by atoms with van der Waals surface area (Å²) in [6.07, 6.45) is 0. The molecule has 5 heteroatoms. The van der Waals surface area contributed by atoms with Crippen LogP contribution in [-0.4, -0.2) is 24.2 Å². The van der Waals surface area contributed by atoms with E-state index < -0.39 is 0 Å². The number of H-pyrrole nitrogens is 1. The normalized spacial score (nSPS) is 10.9. The van der Waals surface area contributed by atoms with Gasteiger partial charge in [-0.25, -0.2) is 9.37 Å². The Morgan fingerprint density at radius 3 is 2.62 bits per heavy atom. The highest BCUT2D eigenvalue weighted by Gasteiger charge is 2.15. The Balaban J connectivity index is 2.20. The molecule has 0 atom stereocenters. The van der Waals surface area contributed by atoms with Crippen molar-refractivity contribution < 1.29 is 13.9 Å². The number of nitrogens with zero attached hydrogens (tertiary/aromatic N) is 1. The molecule has 0 unspecified atom stereocenters. The Morgan fingerprint density at radius 2 is 1.90 bits per heavy atom. The van der Waals surface area contributed by atoms with Gasteiger partial charge < -0.3 is 14.5 Å². The van der Waals surface area contributed by atoms with Gasteiger partial charge in [0.15, 0.2) is 0 Å². The van der Waals surface area contributed by atoms with Crippen molar-refractivity contribution >= 4 is 11.0 Å². The molecule has 0 aliphatic rings. The van der Waals surface area contributed by atoms with Crippen LogP contribution < -0.4 is 9.47 Å². The van der Waals surface area contributed by atoms with E-state index in [2.05, 4.69) is 9.97 Å². The lowest BCUT2D eigenvalue weighted by molar-refractivity contribution is 0.389. The van der Waals surface area contributed by atoms with Crippen molar-refractivity contribution in [1.29, 1.82) is 0 Å². The number of nitrogens with one attached hydrogen (secondary N) is 1. The van der Waals surface area contributed by atoms with Crippen molar-refractivity contribution in [2.45, 2.75) is 6.92 Å². The third-order valence-corrected chi connectivity index (χ3v) is 3.48. The zero-order chi connectivity index (χ0) is 15.0. The van der Waals surface area contributed by atoms with E-state index in [0.717, 1.165) is 16.9 Å². The van der Waals surface area contributed by atoms with Gasteiger partial charge in [-0.2, -0.15) is 0 Å². The SMILES string of the molecule is COc1ccc(-c2nc3ccc(F)cc3[nH]2)c(OC)c1C. The van der Waals surface area contributed by atoms with Crippen LogP contribution in [-0.2, 0) is 0 Å². The molecular weight excluding hydrogens is 271 g/mol. The van der Waals surface area contributed by atoms with Crippen molar-refractivity contribution in [3.63, 3.8) is 0 Å². The highest BCUT2D eigenvalue weighted by Crippen LogP contribution is 2.37. The van der Waals surface area contributed by atoms with Crippen molar-refractivity contribution in [2.75, 3.05) is 14.2 Å². The summed E-state index contributed by atoms with van der Waals surface area (Å²) in [4.78, 5) is 7.61. The molecule has 0 saturated heterocycles. The maximum atomic E-state index is 13.3. The van der Waals surface area contributed by atoms with Crippen molar-refractivity contribution in [3.05, 3.63) is 41.7 Å². The maximum absolute atomic E-state index is 13.3. The zero-order valence-corrected chi connectivity index (χ0v) is 12.0. The summed E-state index contributed by atoms with van der Waals surface area (Å²) in [7, 11) is 3.22. The Bertz CT molecular complexity index is 811. The third kappa shape index (κ3) is 2.20. The summed E-state index contributed by atoms with van der Waals surface area (Å²) in [5.74, 6) is 1.78. The van der Waals surface area contributed by atoms with Gasteiger partial charge >= 0.3 is 0 Å². The van der Waals surface area contributed by atoms with E-state index in [4.69, 9.17) is 9.47 Å². The molecule has 0 saturated carbocycles. The lowest BCUT2D eigenvalue weighted by Gasteiger charge is -2.12. The fourth-order valence-corrected chi connectivity index (χ4v) is 2.45. The number of aromatic amines is 1. The number of rotatable bonds is 3. The van der Waals surface area contributed by atoms with E-state index in [0.29, 0.717) is 22.6 Å². The smallest absolute Gasteiger partial charge is 0.142 e. The number of halogens is 1. The predicted molar refractivity (Wildman–Crippen MR) is 79.3 cm³/mol. The van der Waals surface area contributed by atoms with Crippen LogP contribution in [0.3, 0.4) is 0 Å². The second-order valence-electron chi connectivity index (χ2n) is 4.72. The van der Waals surface area contributed by atoms with Crippen LogP contribution >= 0.6 is 0 Å². The molecule has 3 aromatic rings. The topological polar surface area (TPSA) is 47.1 Å². The Morgan fingerprint density at radius 1 is 1.10 bits per heavy atom. The van der Waals surface area contributed by atoms with Crippen LogP contribution in [0.25, 0.3) is 22.4 Å². The molecule has 1 N–H and O–H groups in total. The van der Waals surface area contributed by atoms with Crippen LogP contribution in [0.15, 0.2) is 30.3 Å². The largest absolute Gasteiger partial charge is 0.496 e. The monoisotopic (exact) mass is 286 g/mol. The fraction of sp³-hybridized carbons (Fsp3) is 0.188. The molecule has 0 aliphatic heterocycles. The predicted octanol–water partition coefficient (Wildman–Crippen LogP) is 3.69. The molecular formula is C16H15FN2O2. The lowest BCUT2D eigenvalue weighted by atomic mass is 10.1. The van der Waals surface area contributed by atoms with Gasteiger partial charge in [-0.1, -0.05) is 0 Å². The Labute approximate surface area is 121 Å². The number of hydrogen-bond acceptors (Lipinski definition) is 3. The summed E-state index contributed by atoms with van der Waals surface area (Å²) < 4.78 is 24.0. The first-order chi connectivity index (χ1) is 10.1. The van der Waals surface area contributed by atoms with Gasteiger partial charge in [-0.15, -0.1) is 0 Å². The Kier molecular flexibility index (Phi) is 3.25. The first kappa shape index (κ1) is 13.4. The van der Waals surface area contributed by atoms with Crippen molar-refractivity contribution in [2.24, 2.45) is 0 Å². The lowest BCUT2D eigenvalue weighted by Crippen LogP contribution is -1.95. The quantitative estimate of drug-likeness (QED) is 0.798. The highest BCUT2D eigenvalue weighted by molar-refractivity contribution is 5.81. The van der Waals surface area contributed by atoms with Gasteiger partial charge in [0.2, 0.25) is 0 Å². The third-order valence-electron chi connectivity index (χ3n) is 3.48. The minimum absolute atomic E-state index is 0.296. The average molecular weight is 286 g/mol.